The van der Waals surface area contributed by atoms with Crippen LogP contribution in [-0.4, -0.2) is 0 Å². The Bertz CT molecular complexity index is 1460. The third-order valence-corrected chi connectivity index (χ3v) is 7.68. The summed E-state index contributed by atoms with van der Waals surface area (Å²) >= 11 is 0. The average molecular weight is 453 g/mol. The Labute approximate surface area is 207 Å². The lowest BCUT2D eigenvalue weighted by Gasteiger charge is -2.26. The van der Waals surface area contributed by atoms with Crippen molar-refractivity contribution >= 4 is 17.2 Å². The summed E-state index contributed by atoms with van der Waals surface area (Å²) in [5, 5.41) is 5.63. The second kappa shape index (κ2) is 7.84. The second-order valence-corrected chi connectivity index (χ2v) is 13.8. The highest BCUT2D eigenvalue weighted by atomic mass is 14.3. The van der Waals surface area contributed by atoms with Crippen LogP contribution in [0.2, 0.25) is 0 Å². The molecule has 0 amide bonds. The summed E-state index contributed by atoms with van der Waals surface area (Å²) in [6.45, 7) is 28.0. The summed E-state index contributed by atoms with van der Waals surface area (Å²) in [4.78, 5) is 0. The van der Waals surface area contributed by atoms with Gasteiger partial charge in [0.2, 0.25) is 0 Å². The highest BCUT2D eigenvalue weighted by Crippen LogP contribution is 2.42. The van der Waals surface area contributed by atoms with Crippen molar-refractivity contribution in [3.8, 4) is 0 Å². The molecule has 0 unspecified atom stereocenters. The molecule has 2 aliphatic carbocycles. The summed E-state index contributed by atoms with van der Waals surface area (Å²) in [6, 6.07) is 9.63. The molecule has 0 spiro atoms. The molecule has 0 atom stereocenters. The maximum absolute atomic E-state index is 2.51. The minimum atomic E-state index is 0.0636. The van der Waals surface area contributed by atoms with Crippen LogP contribution in [0.1, 0.15) is 112 Å². The quantitative estimate of drug-likeness (QED) is 0.350. The lowest BCUT2D eigenvalue weighted by Crippen LogP contribution is -2.28. The molecule has 0 heteroatoms. The summed E-state index contributed by atoms with van der Waals surface area (Å²) in [5.41, 5.74) is 12.1. The van der Waals surface area contributed by atoms with Gasteiger partial charge in [0.25, 0.3) is 0 Å². The van der Waals surface area contributed by atoms with E-state index in [1.54, 1.807) is 5.57 Å². The number of rotatable bonds is 1. The van der Waals surface area contributed by atoms with Gasteiger partial charge in [0.1, 0.15) is 0 Å². The van der Waals surface area contributed by atoms with Crippen LogP contribution in [0, 0.1) is 15.9 Å². The van der Waals surface area contributed by atoms with E-state index in [-0.39, 0.29) is 16.2 Å². The van der Waals surface area contributed by atoms with E-state index in [1.807, 2.05) is 0 Å². The number of fused-ring (bicyclic) bond motifs is 2. The number of hydrogen-bond donors (Lipinski definition) is 0. The summed E-state index contributed by atoms with van der Waals surface area (Å²) in [5.74, 6) is 0. The minimum absolute atomic E-state index is 0.0636. The molecule has 2 aromatic carbocycles. The van der Waals surface area contributed by atoms with E-state index in [0.29, 0.717) is 0 Å². The Hall–Kier alpha value is -2.34. The average Bonchev–Trinajstić information content (AvgIpc) is 3.24. The molecule has 0 saturated heterocycles. The topological polar surface area (TPSA) is 0 Å². The molecule has 4 rings (SSSR count). The van der Waals surface area contributed by atoms with Crippen LogP contribution in [-0.2, 0) is 10.8 Å². The number of hydrogen-bond acceptors (Lipinski definition) is 0. The molecule has 0 nitrogen and oxygen atoms in total. The zero-order chi connectivity index (χ0) is 25.4. The molecule has 0 fully saturated rings. The first-order chi connectivity index (χ1) is 15.5. The van der Waals surface area contributed by atoms with Crippen LogP contribution in [0.4, 0.5) is 0 Å². The molecule has 0 bridgehead atoms. The van der Waals surface area contributed by atoms with Crippen molar-refractivity contribution in [3.05, 3.63) is 84.6 Å². The minimum Gasteiger partial charge on any atom is -0.0683 e. The normalized spacial score (nSPS) is 15.8. The van der Waals surface area contributed by atoms with Gasteiger partial charge in [-0.3, -0.25) is 0 Å². The molecule has 0 radical (unpaired) electrons. The van der Waals surface area contributed by atoms with E-state index in [4.69, 9.17) is 0 Å². The first kappa shape index (κ1) is 24.8. The van der Waals surface area contributed by atoms with Crippen LogP contribution in [0.15, 0.2) is 41.5 Å². The first-order valence-electron chi connectivity index (χ1n) is 12.9. The van der Waals surface area contributed by atoms with Crippen LogP contribution in [0.25, 0.3) is 17.2 Å². The molecule has 0 heterocycles. The number of allylic oxidation sites excluding steroid dienone is 4. The van der Waals surface area contributed by atoms with Crippen molar-refractivity contribution in [2.24, 2.45) is 5.41 Å². The summed E-state index contributed by atoms with van der Waals surface area (Å²) in [6.07, 6.45) is 5.97. The standard InChI is InChI=1S/C34H44/c1-20(2)30-29(34(10,11)12)19-27-26-17-23(32(4,5)6)14-13-22(26)16-28(27)31(30)25-18-24(15-21(25)3)33(7,8)9/h13-17,19H,18H2,1-12H3. The van der Waals surface area contributed by atoms with E-state index in [1.165, 1.54) is 59.8 Å². The maximum atomic E-state index is 2.51. The van der Waals surface area contributed by atoms with Gasteiger partial charge in [0.05, 0.1) is 0 Å². The monoisotopic (exact) mass is 452 g/mol. The third kappa shape index (κ3) is 4.15. The Morgan fingerprint density at radius 3 is 1.88 bits per heavy atom. The first-order valence-corrected chi connectivity index (χ1v) is 12.9. The van der Waals surface area contributed by atoms with Crippen LogP contribution in [0.3, 0.4) is 0 Å². The van der Waals surface area contributed by atoms with E-state index in [0.717, 1.165) is 6.42 Å². The fraction of sp³-hybridized carbons (Fsp3) is 0.471. The highest BCUT2D eigenvalue weighted by molar-refractivity contribution is 5.84. The van der Waals surface area contributed by atoms with Gasteiger partial charge in [-0.1, -0.05) is 97.7 Å². The lowest BCUT2D eigenvalue weighted by molar-refractivity contribution is 0.497. The van der Waals surface area contributed by atoms with Crippen LogP contribution < -0.4 is 10.4 Å². The molecule has 2 aromatic rings. The van der Waals surface area contributed by atoms with Gasteiger partial charge in [0.15, 0.2) is 0 Å². The van der Waals surface area contributed by atoms with Crippen molar-refractivity contribution < 1.29 is 0 Å². The van der Waals surface area contributed by atoms with Crippen molar-refractivity contribution in [2.45, 2.75) is 100 Å². The molecule has 0 N–H and O–H groups in total. The van der Waals surface area contributed by atoms with Crippen molar-refractivity contribution in [1.82, 2.24) is 0 Å². The van der Waals surface area contributed by atoms with Crippen LogP contribution >= 0.6 is 0 Å². The summed E-state index contributed by atoms with van der Waals surface area (Å²) in [7, 11) is 0. The molecular formula is C34H44. The second-order valence-electron chi connectivity index (χ2n) is 13.8. The van der Waals surface area contributed by atoms with Gasteiger partial charge in [-0.25, -0.2) is 0 Å². The maximum Gasteiger partial charge on any atom is -0.00496 e. The molecule has 180 valence electrons. The summed E-state index contributed by atoms with van der Waals surface area (Å²) < 4.78 is 0. The van der Waals surface area contributed by atoms with Gasteiger partial charge in [0, 0.05) is 0 Å². The third-order valence-electron chi connectivity index (χ3n) is 7.68. The Balaban J connectivity index is 2.19. The van der Waals surface area contributed by atoms with Gasteiger partial charge >= 0.3 is 0 Å². The van der Waals surface area contributed by atoms with Gasteiger partial charge in [-0.2, -0.15) is 0 Å². The molecule has 0 saturated carbocycles. The zero-order valence-corrected chi connectivity index (χ0v) is 23.7. The van der Waals surface area contributed by atoms with Crippen molar-refractivity contribution in [3.63, 3.8) is 0 Å². The van der Waals surface area contributed by atoms with Gasteiger partial charge in [-0.05, 0) is 110 Å². The smallest absolute Gasteiger partial charge is 0.00496 e. The molecule has 0 aliphatic heterocycles. The fourth-order valence-electron chi connectivity index (χ4n) is 5.53. The molecule has 2 aliphatic rings. The van der Waals surface area contributed by atoms with Crippen molar-refractivity contribution in [1.29, 1.82) is 0 Å². The molecular weight excluding hydrogens is 408 g/mol. The largest absolute Gasteiger partial charge is 0.0683 e. The SMILES string of the molecule is CC1=C(c2c3c(cc(C(C)(C)C)c2=C(C)C)=c2cc(C(C)(C)C)ccc2=C3)CC(C(C)(C)C)=C1. The van der Waals surface area contributed by atoms with Gasteiger partial charge < -0.3 is 0 Å². The fourth-order valence-corrected chi connectivity index (χ4v) is 5.53. The predicted octanol–water partition coefficient (Wildman–Crippen LogP) is 8.05. The van der Waals surface area contributed by atoms with E-state index in [2.05, 4.69) is 120 Å². The van der Waals surface area contributed by atoms with Gasteiger partial charge in [-0.15, -0.1) is 0 Å². The predicted molar refractivity (Wildman–Crippen MR) is 150 cm³/mol. The van der Waals surface area contributed by atoms with E-state index in [9.17, 15) is 0 Å². The lowest BCUT2D eigenvalue weighted by atomic mass is 9.78. The van der Waals surface area contributed by atoms with Crippen LogP contribution in [0.5, 0.6) is 0 Å². The number of benzene rings is 2. The Kier molecular flexibility index (Phi) is 5.71. The van der Waals surface area contributed by atoms with Crippen molar-refractivity contribution in [2.75, 3.05) is 0 Å². The highest BCUT2D eigenvalue weighted by Gasteiger charge is 2.29. The van der Waals surface area contributed by atoms with E-state index < -0.39 is 0 Å². The molecule has 34 heavy (non-hydrogen) atoms. The zero-order valence-electron chi connectivity index (χ0n) is 23.7. The molecule has 0 aromatic heterocycles. The Morgan fingerprint density at radius 2 is 1.38 bits per heavy atom. The Morgan fingerprint density at radius 1 is 0.735 bits per heavy atom. The van der Waals surface area contributed by atoms with E-state index >= 15 is 0 Å².